The summed E-state index contributed by atoms with van der Waals surface area (Å²) in [5, 5.41) is 0. The van der Waals surface area contributed by atoms with Gasteiger partial charge in [0.25, 0.3) is 0 Å². The lowest BCUT2D eigenvalue weighted by Crippen LogP contribution is -2.36. The summed E-state index contributed by atoms with van der Waals surface area (Å²) in [6.45, 7) is 6.36. The van der Waals surface area contributed by atoms with Gasteiger partial charge in [-0.1, -0.05) is 13.8 Å². The summed E-state index contributed by atoms with van der Waals surface area (Å²) in [5.74, 6) is 0.495. The van der Waals surface area contributed by atoms with Crippen molar-refractivity contribution in [2.24, 2.45) is 11.7 Å². The van der Waals surface area contributed by atoms with Gasteiger partial charge in [0.05, 0.1) is 13.2 Å². The van der Waals surface area contributed by atoms with E-state index >= 15 is 0 Å². The summed E-state index contributed by atoms with van der Waals surface area (Å²) in [6, 6.07) is 0. The van der Waals surface area contributed by atoms with Crippen LogP contribution in [0.1, 0.15) is 39.5 Å². The van der Waals surface area contributed by atoms with Gasteiger partial charge in [-0.2, -0.15) is 0 Å². The lowest BCUT2D eigenvalue weighted by molar-refractivity contribution is -0.181. The van der Waals surface area contributed by atoms with Crippen LogP contribution in [0.5, 0.6) is 0 Å². The molecule has 0 aromatic carbocycles. The molecule has 14 heavy (non-hydrogen) atoms. The highest BCUT2D eigenvalue weighted by Crippen LogP contribution is 2.37. The molecule has 2 rings (SSSR count). The zero-order chi connectivity index (χ0) is 10.4. The Balaban J connectivity index is 0.000000461. The fourth-order valence-electron chi connectivity index (χ4n) is 2.14. The normalized spacial score (nSPS) is 25.9. The van der Waals surface area contributed by atoms with Gasteiger partial charge in [0.1, 0.15) is 0 Å². The van der Waals surface area contributed by atoms with Crippen molar-refractivity contribution < 1.29 is 9.47 Å². The molecule has 2 N–H and O–H groups in total. The van der Waals surface area contributed by atoms with E-state index in [1.807, 2.05) is 13.8 Å². The first-order valence-electron chi connectivity index (χ1n) is 5.83. The first-order valence-corrected chi connectivity index (χ1v) is 5.83. The third-order valence-electron chi connectivity index (χ3n) is 3.01. The van der Waals surface area contributed by atoms with Gasteiger partial charge >= 0.3 is 0 Å². The molecular formula is C11H23NO2. The Labute approximate surface area is 86.9 Å². The molecule has 84 valence electrons. The number of nitrogens with two attached hydrogens (primary N) is 1. The average molecular weight is 201 g/mol. The zero-order valence-electron chi connectivity index (χ0n) is 9.42. The molecule has 0 aromatic rings. The van der Waals surface area contributed by atoms with Gasteiger partial charge in [0.2, 0.25) is 0 Å². The molecular weight excluding hydrogens is 178 g/mol. The lowest BCUT2D eigenvalue weighted by Gasteiger charge is -2.34. The van der Waals surface area contributed by atoms with Crippen LogP contribution in [0.15, 0.2) is 0 Å². The summed E-state index contributed by atoms with van der Waals surface area (Å²) in [6.07, 6.45) is 4.40. The number of rotatable bonds is 1. The maximum atomic E-state index is 5.61. The molecule has 1 saturated carbocycles. The number of ether oxygens (including phenoxy) is 2. The minimum absolute atomic E-state index is 0.203. The second-order valence-electron chi connectivity index (χ2n) is 3.79. The van der Waals surface area contributed by atoms with Crippen molar-refractivity contribution in [3.05, 3.63) is 0 Å². The van der Waals surface area contributed by atoms with Crippen molar-refractivity contribution in [2.75, 3.05) is 19.8 Å². The van der Waals surface area contributed by atoms with E-state index in [9.17, 15) is 0 Å². The van der Waals surface area contributed by atoms with Crippen molar-refractivity contribution in [3.8, 4) is 0 Å². The Kier molecular flexibility index (Phi) is 4.85. The van der Waals surface area contributed by atoms with E-state index in [2.05, 4.69) is 0 Å². The molecule has 0 radical (unpaired) electrons. The second kappa shape index (κ2) is 5.69. The minimum Gasteiger partial charge on any atom is -0.348 e. The summed E-state index contributed by atoms with van der Waals surface area (Å²) >= 11 is 0. The molecule has 2 aliphatic rings. The topological polar surface area (TPSA) is 44.5 Å². The van der Waals surface area contributed by atoms with E-state index in [1.54, 1.807) is 0 Å². The second-order valence-corrected chi connectivity index (χ2v) is 3.79. The van der Waals surface area contributed by atoms with Crippen molar-refractivity contribution in [1.29, 1.82) is 0 Å². The molecule has 0 atom stereocenters. The van der Waals surface area contributed by atoms with Gasteiger partial charge in [-0.15, -0.1) is 0 Å². The predicted octanol–water partition coefficient (Wildman–Crippen LogP) is 1.90. The molecule has 3 nitrogen and oxygen atoms in total. The Morgan fingerprint density at radius 2 is 1.64 bits per heavy atom. The first-order chi connectivity index (χ1) is 6.85. The SMILES string of the molecule is CC.NCC1CCC2(CC1)OCCO2. The van der Waals surface area contributed by atoms with Crippen LogP contribution in [0, 0.1) is 5.92 Å². The quantitative estimate of drug-likeness (QED) is 0.704. The van der Waals surface area contributed by atoms with Gasteiger partial charge < -0.3 is 15.2 Å². The van der Waals surface area contributed by atoms with E-state index in [0.717, 1.165) is 45.4 Å². The third kappa shape index (κ3) is 2.69. The fourth-order valence-corrected chi connectivity index (χ4v) is 2.14. The molecule has 1 aliphatic carbocycles. The zero-order valence-corrected chi connectivity index (χ0v) is 9.42. The van der Waals surface area contributed by atoms with Crippen LogP contribution in [-0.4, -0.2) is 25.5 Å². The van der Waals surface area contributed by atoms with Crippen LogP contribution < -0.4 is 5.73 Å². The van der Waals surface area contributed by atoms with Crippen LogP contribution in [0.4, 0.5) is 0 Å². The molecule has 3 heteroatoms. The van der Waals surface area contributed by atoms with Gasteiger partial charge in [-0.3, -0.25) is 0 Å². The molecule has 1 heterocycles. The van der Waals surface area contributed by atoms with E-state index < -0.39 is 0 Å². The predicted molar refractivity (Wildman–Crippen MR) is 57.0 cm³/mol. The number of hydrogen-bond donors (Lipinski definition) is 1. The standard InChI is InChI=1S/C9H17NO2.C2H6/c10-7-8-1-3-9(4-2-8)11-5-6-12-9;1-2/h8H,1-7,10H2;1-2H3. The van der Waals surface area contributed by atoms with Crippen molar-refractivity contribution in [3.63, 3.8) is 0 Å². The average Bonchev–Trinajstić information content (AvgIpc) is 2.71. The summed E-state index contributed by atoms with van der Waals surface area (Å²) in [5.41, 5.74) is 5.61. The molecule has 0 unspecified atom stereocenters. The van der Waals surface area contributed by atoms with Crippen LogP contribution in [0.25, 0.3) is 0 Å². The van der Waals surface area contributed by atoms with E-state index in [4.69, 9.17) is 15.2 Å². The van der Waals surface area contributed by atoms with Gasteiger partial charge in [0, 0.05) is 12.8 Å². The summed E-state index contributed by atoms with van der Waals surface area (Å²) < 4.78 is 11.2. The fraction of sp³-hybridized carbons (Fsp3) is 1.00. The Morgan fingerprint density at radius 1 is 1.14 bits per heavy atom. The Hall–Kier alpha value is -0.120. The summed E-state index contributed by atoms with van der Waals surface area (Å²) in [7, 11) is 0. The first kappa shape index (κ1) is 12.0. The highest BCUT2D eigenvalue weighted by Gasteiger charge is 2.39. The molecule has 0 bridgehead atoms. The molecule has 1 spiro atoms. The van der Waals surface area contributed by atoms with Crippen LogP contribution in [0.2, 0.25) is 0 Å². The molecule has 1 saturated heterocycles. The van der Waals surface area contributed by atoms with Crippen LogP contribution >= 0.6 is 0 Å². The maximum absolute atomic E-state index is 5.61. The maximum Gasteiger partial charge on any atom is 0.168 e. The molecule has 0 amide bonds. The highest BCUT2D eigenvalue weighted by molar-refractivity contribution is 4.82. The van der Waals surface area contributed by atoms with Crippen LogP contribution in [0.3, 0.4) is 0 Å². The van der Waals surface area contributed by atoms with E-state index in [1.165, 1.54) is 0 Å². The lowest BCUT2D eigenvalue weighted by atomic mass is 9.85. The Bertz CT molecular complexity index is 145. The van der Waals surface area contributed by atoms with E-state index in [0.29, 0.717) is 5.92 Å². The molecule has 1 aliphatic heterocycles. The summed E-state index contributed by atoms with van der Waals surface area (Å²) in [4.78, 5) is 0. The molecule has 2 fully saturated rings. The largest absolute Gasteiger partial charge is 0.348 e. The van der Waals surface area contributed by atoms with E-state index in [-0.39, 0.29) is 5.79 Å². The highest BCUT2D eigenvalue weighted by atomic mass is 16.7. The molecule has 0 aromatic heterocycles. The van der Waals surface area contributed by atoms with Crippen molar-refractivity contribution in [1.82, 2.24) is 0 Å². The monoisotopic (exact) mass is 201 g/mol. The smallest absolute Gasteiger partial charge is 0.168 e. The third-order valence-corrected chi connectivity index (χ3v) is 3.01. The van der Waals surface area contributed by atoms with Crippen LogP contribution in [-0.2, 0) is 9.47 Å². The number of hydrogen-bond acceptors (Lipinski definition) is 3. The minimum atomic E-state index is -0.203. The Morgan fingerprint density at radius 3 is 2.07 bits per heavy atom. The van der Waals surface area contributed by atoms with Gasteiger partial charge in [-0.25, -0.2) is 0 Å². The van der Waals surface area contributed by atoms with Crippen molar-refractivity contribution in [2.45, 2.75) is 45.3 Å². The van der Waals surface area contributed by atoms with Gasteiger partial charge in [-0.05, 0) is 25.3 Å². The van der Waals surface area contributed by atoms with Gasteiger partial charge in [0.15, 0.2) is 5.79 Å². The van der Waals surface area contributed by atoms with Crippen molar-refractivity contribution >= 4 is 0 Å².